The zero-order valence-electron chi connectivity index (χ0n) is 16.6. The lowest BCUT2D eigenvalue weighted by molar-refractivity contribution is 0.0994. The van der Waals surface area contributed by atoms with Gasteiger partial charge < -0.3 is 15.0 Å². The molecule has 2 aromatic rings. The zero-order chi connectivity index (χ0) is 21.0. The molecule has 0 radical (unpaired) electrons. The smallest absolute Gasteiger partial charge is 0.264 e. The summed E-state index contributed by atoms with van der Waals surface area (Å²) >= 11 is 0. The molecule has 1 saturated heterocycles. The third-order valence-electron chi connectivity index (χ3n) is 4.73. The van der Waals surface area contributed by atoms with Crippen molar-refractivity contribution in [1.82, 2.24) is 14.4 Å². The van der Waals surface area contributed by atoms with E-state index in [9.17, 15) is 13.2 Å². The fourth-order valence-electron chi connectivity index (χ4n) is 3.07. The quantitative estimate of drug-likeness (QED) is 0.655. The first-order valence-electron chi connectivity index (χ1n) is 9.65. The van der Waals surface area contributed by atoms with Crippen LogP contribution in [0.5, 0.6) is 5.75 Å². The average molecular weight is 423 g/mol. The Bertz CT molecular complexity index is 965. The summed E-state index contributed by atoms with van der Waals surface area (Å²) in [7, 11) is -3.66. The maximum absolute atomic E-state index is 12.7. The minimum absolute atomic E-state index is 0.00943. The Kier molecular flexibility index (Phi) is 6.53. The van der Waals surface area contributed by atoms with Gasteiger partial charge >= 0.3 is 0 Å². The summed E-state index contributed by atoms with van der Waals surface area (Å²) in [6.07, 6.45) is 3.30. The highest BCUT2D eigenvalue weighted by molar-refractivity contribution is 7.89. The second-order valence-electron chi connectivity index (χ2n) is 7.46. The van der Waals surface area contributed by atoms with Crippen molar-refractivity contribution in [2.24, 2.45) is 11.7 Å². The molecule has 1 amide bonds. The van der Waals surface area contributed by atoms with Crippen LogP contribution in [0.15, 0.2) is 27.6 Å². The molecule has 0 saturated carbocycles. The van der Waals surface area contributed by atoms with Crippen molar-refractivity contribution in [2.75, 3.05) is 13.1 Å². The molecule has 1 aliphatic rings. The van der Waals surface area contributed by atoms with Crippen molar-refractivity contribution in [3.05, 3.63) is 35.5 Å². The summed E-state index contributed by atoms with van der Waals surface area (Å²) < 4.78 is 37.6. The molecule has 10 heteroatoms. The number of benzene rings is 1. The molecule has 9 nitrogen and oxygen atoms in total. The van der Waals surface area contributed by atoms with E-state index in [1.807, 2.05) is 0 Å². The van der Waals surface area contributed by atoms with Crippen LogP contribution >= 0.6 is 0 Å². The lowest BCUT2D eigenvalue weighted by Gasteiger charge is -2.16. The van der Waals surface area contributed by atoms with Crippen molar-refractivity contribution in [3.8, 4) is 5.75 Å². The van der Waals surface area contributed by atoms with Gasteiger partial charge in [-0.25, -0.2) is 8.42 Å². The predicted molar refractivity (Wildman–Crippen MR) is 105 cm³/mol. The second kappa shape index (κ2) is 8.91. The third-order valence-corrected chi connectivity index (χ3v) is 6.62. The first-order chi connectivity index (χ1) is 13.8. The summed E-state index contributed by atoms with van der Waals surface area (Å²) in [4.78, 5) is 16.2. The van der Waals surface area contributed by atoms with Gasteiger partial charge in [0.25, 0.3) is 11.8 Å². The highest BCUT2D eigenvalue weighted by atomic mass is 32.2. The molecule has 0 spiro atoms. The molecule has 2 N–H and O–H groups in total. The van der Waals surface area contributed by atoms with Crippen molar-refractivity contribution in [3.63, 3.8) is 0 Å². The van der Waals surface area contributed by atoms with Crippen LogP contribution in [-0.4, -0.2) is 41.9 Å². The summed E-state index contributed by atoms with van der Waals surface area (Å²) in [5.41, 5.74) is 5.43. The van der Waals surface area contributed by atoms with E-state index in [4.69, 9.17) is 15.0 Å². The normalized spacial score (nSPS) is 15.1. The monoisotopic (exact) mass is 422 g/mol. The SMILES string of the molecule is CC(C)CCc1noc(COc2ccc(S(=O)(=O)N3CCCC3)cc2C(N)=O)n1. The fourth-order valence-corrected chi connectivity index (χ4v) is 4.62. The predicted octanol–water partition coefficient (Wildman–Crippen LogP) is 2.12. The Morgan fingerprint density at radius 1 is 1.31 bits per heavy atom. The lowest BCUT2D eigenvalue weighted by Crippen LogP contribution is -2.28. The highest BCUT2D eigenvalue weighted by Gasteiger charge is 2.28. The molecule has 3 rings (SSSR count). The van der Waals surface area contributed by atoms with Gasteiger partial charge in [0, 0.05) is 19.5 Å². The van der Waals surface area contributed by atoms with Crippen LogP contribution in [0.3, 0.4) is 0 Å². The lowest BCUT2D eigenvalue weighted by atomic mass is 10.1. The molecular weight excluding hydrogens is 396 g/mol. The third kappa shape index (κ3) is 5.13. The molecule has 158 valence electrons. The topological polar surface area (TPSA) is 129 Å². The minimum atomic E-state index is -3.66. The summed E-state index contributed by atoms with van der Waals surface area (Å²) in [5, 5.41) is 3.91. The van der Waals surface area contributed by atoms with Crippen molar-refractivity contribution in [2.45, 2.75) is 51.0 Å². The van der Waals surface area contributed by atoms with Gasteiger partial charge in [-0.1, -0.05) is 19.0 Å². The molecule has 29 heavy (non-hydrogen) atoms. The Morgan fingerprint density at radius 2 is 2.03 bits per heavy atom. The van der Waals surface area contributed by atoms with E-state index in [1.54, 1.807) is 0 Å². The maximum atomic E-state index is 12.7. The van der Waals surface area contributed by atoms with Gasteiger partial charge in [-0.15, -0.1) is 0 Å². The molecule has 0 unspecified atom stereocenters. The van der Waals surface area contributed by atoms with E-state index in [-0.39, 0.29) is 28.7 Å². The number of nitrogens with zero attached hydrogens (tertiary/aromatic N) is 3. The van der Waals surface area contributed by atoms with Gasteiger partial charge in [0.1, 0.15) is 5.75 Å². The molecule has 0 aliphatic carbocycles. The molecule has 0 bridgehead atoms. The summed E-state index contributed by atoms with van der Waals surface area (Å²) in [6.45, 7) is 5.13. The Balaban J connectivity index is 1.73. The molecule has 2 heterocycles. The molecule has 1 fully saturated rings. The molecule has 0 atom stereocenters. The van der Waals surface area contributed by atoms with E-state index in [0.29, 0.717) is 31.3 Å². The zero-order valence-corrected chi connectivity index (χ0v) is 17.4. The Labute approximate surface area is 170 Å². The Hall–Kier alpha value is -2.46. The van der Waals surface area contributed by atoms with Crippen LogP contribution in [0.25, 0.3) is 0 Å². The van der Waals surface area contributed by atoms with Crippen LogP contribution < -0.4 is 10.5 Å². The molecular formula is C19H26N4O5S. The van der Waals surface area contributed by atoms with E-state index in [0.717, 1.165) is 19.3 Å². The average Bonchev–Trinajstić information content (AvgIpc) is 3.36. The van der Waals surface area contributed by atoms with Gasteiger partial charge in [-0.2, -0.15) is 9.29 Å². The van der Waals surface area contributed by atoms with Crippen molar-refractivity contribution in [1.29, 1.82) is 0 Å². The van der Waals surface area contributed by atoms with E-state index < -0.39 is 15.9 Å². The highest BCUT2D eigenvalue weighted by Crippen LogP contribution is 2.27. The molecule has 1 aromatic carbocycles. The van der Waals surface area contributed by atoms with Crippen molar-refractivity contribution < 1.29 is 22.5 Å². The second-order valence-corrected chi connectivity index (χ2v) is 9.40. The van der Waals surface area contributed by atoms with Gasteiger partial charge in [0.05, 0.1) is 10.5 Å². The minimum Gasteiger partial charge on any atom is -0.483 e. The van der Waals surface area contributed by atoms with Gasteiger partial charge in [-0.3, -0.25) is 4.79 Å². The Morgan fingerprint density at radius 3 is 2.69 bits per heavy atom. The first kappa shape index (κ1) is 21.3. The van der Waals surface area contributed by atoms with Crippen LogP contribution in [0.1, 0.15) is 55.2 Å². The number of aryl methyl sites for hydroxylation is 1. The fraction of sp³-hybridized carbons (Fsp3) is 0.526. The van der Waals surface area contributed by atoms with Gasteiger partial charge in [-0.05, 0) is 43.4 Å². The molecule has 1 aliphatic heterocycles. The van der Waals surface area contributed by atoms with E-state index in [2.05, 4.69) is 24.0 Å². The summed E-state index contributed by atoms with van der Waals surface area (Å²) in [5.74, 6) is 0.788. The number of hydrogen-bond acceptors (Lipinski definition) is 7. The summed E-state index contributed by atoms with van der Waals surface area (Å²) in [6, 6.07) is 4.10. The van der Waals surface area contributed by atoms with Crippen LogP contribution in [0, 0.1) is 5.92 Å². The largest absolute Gasteiger partial charge is 0.483 e. The number of primary amides is 1. The molecule has 1 aromatic heterocycles. The van der Waals surface area contributed by atoms with E-state index >= 15 is 0 Å². The number of rotatable bonds is 9. The van der Waals surface area contributed by atoms with Crippen molar-refractivity contribution >= 4 is 15.9 Å². The first-order valence-corrected chi connectivity index (χ1v) is 11.1. The number of nitrogens with two attached hydrogens (primary N) is 1. The van der Waals surface area contributed by atoms with E-state index in [1.165, 1.54) is 22.5 Å². The van der Waals surface area contributed by atoms with Gasteiger partial charge in [0.15, 0.2) is 12.4 Å². The van der Waals surface area contributed by atoms with Gasteiger partial charge in [0.2, 0.25) is 10.0 Å². The number of carbonyl (C=O) groups is 1. The number of hydrogen-bond donors (Lipinski definition) is 1. The number of carbonyl (C=O) groups excluding carboxylic acids is 1. The number of sulfonamides is 1. The standard InChI is InChI=1S/C19H26N4O5S/c1-13(2)5-8-17-21-18(28-22-17)12-27-16-7-6-14(11-15(16)19(20)24)29(25,26)23-9-3-4-10-23/h6-7,11,13H,3-5,8-10,12H2,1-2H3,(H2,20,24). The maximum Gasteiger partial charge on any atom is 0.264 e. The van der Waals surface area contributed by atoms with Crippen LogP contribution in [0.2, 0.25) is 0 Å². The number of aromatic nitrogens is 2. The van der Waals surface area contributed by atoms with Crippen LogP contribution in [-0.2, 0) is 23.1 Å². The number of ether oxygens (including phenoxy) is 1. The van der Waals surface area contributed by atoms with Crippen LogP contribution in [0.4, 0.5) is 0 Å². The number of amides is 1.